The van der Waals surface area contributed by atoms with Crippen molar-refractivity contribution in [2.45, 2.75) is 26.3 Å². The zero-order valence-electron chi connectivity index (χ0n) is 13.8. The SMILES string of the molecule is CCc1ccc(C(C)NC(=O)CO/N=C/c2ccc(Cl)cc2)cc1. The van der Waals surface area contributed by atoms with E-state index in [4.69, 9.17) is 16.4 Å². The highest BCUT2D eigenvalue weighted by atomic mass is 35.5. The van der Waals surface area contributed by atoms with Crippen LogP contribution in [0.2, 0.25) is 5.02 Å². The number of nitrogens with zero attached hydrogens (tertiary/aromatic N) is 1. The second-order valence-electron chi connectivity index (χ2n) is 5.44. The Balaban J connectivity index is 1.76. The van der Waals surface area contributed by atoms with Crippen LogP contribution < -0.4 is 5.32 Å². The molecule has 0 fully saturated rings. The van der Waals surface area contributed by atoms with Crippen LogP contribution in [0.25, 0.3) is 0 Å². The Kier molecular flexibility index (Phi) is 6.82. The number of halogens is 1. The molecule has 0 saturated carbocycles. The molecule has 0 saturated heterocycles. The Labute approximate surface area is 147 Å². The molecule has 1 amide bonds. The van der Waals surface area contributed by atoms with E-state index in [1.807, 2.05) is 31.2 Å². The molecule has 1 unspecified atom stereocenters. The number of hydrogen-bond acceptors (Lipinski definition) is 3. The standard InChI is InChI=1S/C19H21ClN2O2/c1-3-15-4-8-17(9-5-15)14(2)22-19(23)13-24-21-12-16-6-10-18(20)11-7-16/h4-12,14H,3,13H2,1-2H3,(H,22,23)/b21-12+. The van der Waals surface area contributed by atoms with Gasteiger partial charge in [-0.1, -0.05) is 60.1 Å². The van der Waals surface area contributed by atoms with Crippen LogP contribution in [0.5, 0.6) is 0 Å². The number of hydrogen-bond donors (Lipinski definition) is 1. The molecule has 5 heteroatoms. The molecule has 24 heavy (non-hydrogen) atoms. The summed E-state index contributed by atoms with van der Waals surface area (Å²) in [5, 5.41) is 7.33. The smallest absolute Gasteiger partial charge is 0.261 e. The highest BCUT2D eigenvalue weighted by Gasteiger charge is 2.09. The van der Waals surface area contributed by atoms with Crippen LogP contribution in [0.3, 0.4) is 0 Å². The van der Waals surface area contributed by atoms with E-state index in [0.717, 1.165) is 17.5 Å². The predicted molar refractivity (Wildman–Crippen MR) is 97.4 cm³/mol. The van der Waals surface area contributed by atoms with Gasteiger partial charge in [0, 0.05) is 5.02 Å². The maximum Gasteiger partial charge on any atom is 0.261 e. The molecule has 2 aromatic rings. The lowest BCUT2D eigenvalue weighted by Crippen LogP contribution is -2.29. The largest absolute Gasteiger partial charge is 0.386 e. The molecule has 0 bridgehead atoms. The summed E-state index contributed by atoms with van der Waals surface area (Å²) in [6.45, 7) is 3.93. The Morgan fingerprint density at radius 1 is 1.21 bits per heavy atom. The lowest BCUT2D eigenvalue weighted by atomic mass is 10.1. The minimum Gasteiger partial charge on any atom is -0.386 e. The second kappa shape index (κ2) is 9.08. The zero-order valence-corrected chi connectivity index (χ0v) is 14.6. The molecule has 0 aliphatic rings. The van der Waals surface area contributed by atoms with Crippen LogP contribution >= 0.6 is 11.6 Å². The summed E-state index contributed by atoms with van der Waals surface area (Å²) in [6, 6.07) is 15.3. The molecule has 2 rings (SSSR count). The molecule has 0 heterocycles. The monoisotopic (exact) mass is 344 g/mol. The lowest BCUT2D eigenvalue weighted by Gasteiger charge is -2.14. The van der Waals surface area contributed by atoms with Crippen molar-refractivity contribution in [1.82, 2.24) is 5.32 Å². The first kappa shape index (κ1) is 18.0. The van der Waals surface area contributed by atoms with Gasteiger partial charge in [0.15, 0.2) is 6.61 Å². The average molecular weight is 345 g/mol. The maximum absolute atomic E-state index is 11.9. The van der Waals surface area contributed by atoms with Crippen molar-refractivity contribution in [3.63, 3.8) is 0 Å². The fourth-order valence-electron chi connectivity index (χ4n) is 2.15. The zero-order chi connectivity index (χ0) is 17.4. The molecule has 1 N–H and O–H groups in total. The van der Waals surface area contributed by atoms with Gasteiger partial charge in [-0.25, -0.2) is 0 Å². The molecular formula is C19H21ClN2O2. The molecule has 2 aromatic carbocycles. The number of amides is 1. The lowest BCUT2D eigenvalue weighted by molar-refractivity contribution is -0.126. The molecule has 0 radical (unpaired) electrons. The number of benzene rings is 2. The van der Waals surface area contributed by atoms with Crippen LogP contribution in [-0.2, 0) is 16.1 Å². The Hall–Kier alpha value is -2.33. The van der Waals surface area contributed by atoms with Gasteiger partial charge >= 0.3 is 0 Å². The molecule has 0 aliphatic heterocycles. The molecule has 0 aliphatic carbocycles. The molecular weight excluding hydrogens is 324 g/mol. The van der Waals surface area contributed by atoms with Crippen LogP contribution in [0.1, 0.15) is 36.6 Å². The van der Waals surface area contributed by atoms with Crippen LogP contribution in [0.4, 0.5) is 0 Å². The first-order chi connectivity index (χ1) is 11.6. The fourth-order valence-corrected chi connectivity index (χ4v) is 2.28. The summed E-state index contributed by atoms with van der Waals surface area (Å²) in [4.78, 5) is 16.9. The summed E-state index contributed by atoms with van der Waals surface area (Å²) in [5.74, 6) is -0.213. The van der Waals surface area contributed by atoms with Crippen molar-refractivity contribution in [1.29, 1.82) is 0 Å². The third-order valence-corrected chi connectivity index (χ3v) is 3.86. The Bertz CT molecular complexity index is 682. The van der Waals surface area contributed by atoms with Gasteiger partial charge in [-0.05, 0) is 42.2 Å². The van der Waals surface area contributed by atoms with Crippen LogP contribution in [-0.4, -0.2) is 18.7 Å². The summed E-state index contributed by atoms with van der Waals surface area (Å²) in [7, 11) is 0. The third-order valence-electron chi connectivity index (χ3n) is 3.61. The number of carbonyl (C=O) groups excluding carboxylic acids is 1. The number of rotatable bonds is 7. The first-order valence-corrected chi connectivity index (χ1v) is 8.25. The Morgan fingerprint density at radius 3 is 2.50 bits per heavy atom. The first-order valence-electron chi connectivity index (χ1n) is 7.87. The molecule has 1 atom stereocenters. The summed E-state index contributed by atoms with van der Waals surface area (Å²) in [5.41, 5.74) is 3.19. The number of nitrogens with one attached hydrogen (secondary N) is 1. The fraction of sp³-hybridized carbons (Fsp3) is 0.263. The van der Waals surface area contributed by atoms with E-state index in [-0.39, 0.29) is 18.6 Å². The van der Waals surface area contributed by atoms with E-state index >= 15 is 0 Å². The van der Waals surface area contributed by atoms with Crippen LogP contribution in [0.15, 0.2) is 53.7 Å². The van der Waals surface area contributed by atoms with E-state index in [1.165, 1.54) is 11.8 Å². The molecule has 0 spiro atoms. The van der Waals surface area contributed by atoms with E-state index in [2.05, 4.69) is 29.5 Å². The van der Waals surface area contributed by atoms with Crippen molar-refractivity contribution in [3.05, 3.63) is 70.2 Å². The average Bonchev–Trinajstić information content (AvgIpc) is 2.60. The summed E-state index contributed by atoms with van der Waals surface area (Å²) < 4.78 is 0. The van der Waals surface area contributed by atoms with Gasteiger partial charge in [-0.3, -0.25) is 4.79 Å². The van der Waals surface area contributed by atoms with E-state index < -0.39 is 0 Å². The van der Waals surface area contributed by atoms with Gasteiger partial charge < -0.3 is 10.2 Å². The van der Waals surface area contributed by atoms with E-state index in [1.54, 1.807) is 12.1 Å². The molecule has 0 aromatic heterocycles. The van der Waals surface area contributed by atoms with Gasteiger partial charge in [0.25, 0.3) is 5.91 Å². The van der Waals surface area contributed by atoms with Crippen molar-refractivity contribution >= 4 is 23.7 Å². The van der Waals surface area contributed by atoms with Crippen LogP contribution in [0, 0.1) is 0 Å². The Morgan fingerprint density at radius 2 is 1.88 bits per heavy atom. The molecule has 4 nitrogen and oxygen atoms in total. The topological polar surface area (TPSA) is 50.7 Å². The van der Waals surface area contributed by atoms with Gasteiger partial charge in [0.05, 0.1) is 12.3 Å². The number of aryl methyl sites for hydroxylation is 1. The minimum atomic E-state index is -0.213. The van der Waals surface area contributed by atoms with Gasteiger partial charge in [-0.2, -0.15) is 0 Å². The van der Waals surface area contributed by atoms with Crippen molar-refractivity contribution in [3.8, 4) is 0 Å². The third kappa shape index (κ3) is 5.70. The molecule has 126 valence electrons. The number of oxime groups is 1. The van der Waals surface area contributed by atoms with E-state index in [0.29, 0.717) is 5.02 Å². The van der Waals surface area contributed by atoms with Crippen molar-refractivity contribution < 1.29 is 9.63 Å². The quantitative estimate of drug-likeness (QED) is 0.606. The predicted octanol–water partition coefficient (Wildman–Crippen LogP) is 4.13. The summed E-state index contributed by atoms with van der Waals surface area (Å²) >= 11 is 5.80. The highest BCUT2D eigenvalue weighted by Crippen LogP contribution is 2.13. The second-order valence-corrected chi connectivity index (χ2v) is 5.88. The van der Waals surface area contributed by atoms with Gasteiger partial charge in [0.1, 0.15) is 0 Å². The maximum atomic E-state index is 11.9. The highest BCUT2D eigenvalue weighted by molar-refractivity contribution is 6.30. The van der Waals surface area contributed by atoms with Crippen molar-refractivity contribution in [2.75, 3.05) is 6.61 Å². The summed E-state index contributed by atoms with van der Waals surface area (Å²) in [6.07, 6.45) is 2.54. The normalized spacial score (nSPS) is 12.1. The van der Waals surface area contributed by atoms with Gasteiger partial charge in [0.2, 0.25) is 0 Å². The number of carbonyl (C=O) groups is 1. The van der Waals surface area contributed by atoms with E-state index in [9.17, 15) is 4.79 Å². The van der Waals surface area contributed by atoms with Gasteiger partial charge in [-0.15, -0.1) is 0 Å². The van der Waals surface area contributed by atoms with Crippen molar-refractivity contribution in [2.24, 2.45) is 5.16 Å². The minimum absolute atomic E-state index is 0.0766.